The Labute approximate surface area is 112 Å². The predicted octanol–water partition coefficient (Wildman–Crippen LogP) is 3.85. The highest BCUT2D eigenvalue weighted by Gasteiger charge is 2.27. The van der Waals surface area contributed by atoms with Gasteiger partial charge in [0.05, 0.1) is 11.3 Å². The molecule has 0 heterocycles. The Morgan fingerprint density at radius 1 is 1.21 bits per heavy atom. The maximum absolute atomic E-state index is 14.0. The third kappa shape index (κ3) is 2.56. The minimum absolute atomic E-state index is 0.232. The quantitative estimate of drug-likeness (QED) is 0.811. The predicted molar refractivity (Wildman–Crippen MR) is 70.9 cm³/mol. The first-order chi connectivity index (χ1) is 9.06. The highest BCUT2D eigenvalue weighted by Crippen LogP contribution is 2.32. The summed E-state index contributed by atoms with van der Waals surface area (Å²) in [7, 11) is 1.80. The number of nitrogens with zero attached hydrogens (tertiary/aromatic N) is 2. The second kappa shape index (κ2) is 5.56. The summed E-state index contributed by atoms with van der Waals surface area (Å²) < 4.78 is 27.7. The van der Waals surface area contributed by atoms with E-state index in [1.807, 2.05) is 4.90 Å². The summed E-state index contributed by atoms with van der Waals surface area (Å²) in [5.74, 6) is -1.49. The molecular weight excluding hydrogens is 246 g/mol. The van der Waals surface area contributed by atoms with Crippen LogP contribution in [0.4, 0.5) is 14.5 Å². The van der Waals surface area contributed by atoms with Gasteiger partial charge in [-0.1, -0.05) is 19.8 Å². The van der Waals surface area contributed by atoms with E-state index < -0.39 is 11.6 Å². The fourth-order valence-electron chi connectivity index (χ4n) is 2.95. The van der Waals surface area contributed by atoms with E-state index in [0.717, 1.165) is 19.3 Å². The Hall–Kier alpha value is -1.63. The van der Waals surface area contributed by atoms with Crippen LogP contribution in [0.2, 0.25) is 0 Å². The van der Waals surface area contributed by atoms with E-state index in [9.17, 15) is 8.78 Å². The summed E-state index contributed by atoms with van der Waals surface area (Å²) in [4.78, 5) is 1.82. The summed E-state index contributed by atoms with van der Waals surface area (Å²) >= 11 is 0. The van der Waals surface area contributed by atoms with Crippen LogP contribution in [0.3, 0.4) is 0 Å². The van der Waals surface area contributed by atoms with Crippen LogP contribution >= 0.6 is 0 Å². The second-order valence-electron chi connectivity index (χ2n) is 5.31. The molecule has 0 bridgehead atoms. The van der Waals surface area contributed by atoms with Crippen molar-refractivity contribution in [2.24, 2.45) is 5.92 Å². The van der Waals surface area contributed by atoms with Gasteiger partial charge in [0, 0.05) is 13.1 Å². The van der Waals surface area contributed by atoms with Crippen LogP contribution in [0.15, 0.2) is 12.1 Å². The van der Waals surface area contributed by atoms with Gasteiger partial charge in [-0.15, -0.1) is 0 Å². The van der Waals surface area contributed by atoms with Gasteiger partial charge in [0.15, 0.2) is 11.6 Å². The zero-order valence-corrected chi connectivity index (χ0v) is 11.3. The summed E-state index contributed by atoms with van der Waals surface area (Å²) in [6.07, 6.45) is 4.45. The molecule has 0 spiro atoms. The average Bonchev–Trinajstić information content (AvgIpc) is 2.41. The summed E-state index contributed by atoms with van der Waals surface area (Å²) in [6, 6.07) is 4.73. The molecule has 4 heteroatoms. The molecule has 2 unspecified atom stereocenters. The lowest BCUT2D eigenvalue weighted by Crippen LogP contribution is -2.39. The Balaban J connectivity index is 2.31. The molecule has 1 aromatic carbocycles. The van der Waals surface area contributed by atoms with E-state index in [4.69, 9.17) is 5.26 Å². The van der Waals surface area contributed by atoms with Crippen molar-refractivity contribution in [3.05, 3.63) is 29.3 Å². The van der Waals surface area contributed by atoms with Gasteiger partial charge in [-0.05, 0) is 30.9 Å². The molecule has 0 amide bonds. The van der Waals surface area contributed by atoms with Crippen molar-refractivity contribution in [1.29, 1.82) is 5.26 Å². The van der Waals surface area contributed by atoms with Crippen LogP contribution in [0.1, 0.15) is 38.2 Å². The standard InChI is InChI=1S/C15H18F2N2/c1-10-5-3-4-6-12(10)19(2)13-8-7-11(9-18)14(16)15(13)17/h7-8,10,12H,3-6H2,1-2H3. The molecule has 1 saturated carbocycles. The number of rotatable bonds is 2. The van der Waals surface area contributed by atoms with Crippen molar-refractivity contribution in [2.45, 2.75) is 38.6 Å². The van der Waals surface area contributed by atoms with Crippen LogP contribution in [-0.4, -0.2) is 13.1 Å². The lowest BCUT2D eigenvalue weighted by atomic mass is 9.85. The van der Waals surface area contributed by atoms with E-state index in [-0.39, 0.29) is 17.3 Å². The van der Waals surface area contributed by atoms with E-state index >= 15 is 0 Å². The van der Waals surface area contributed by atoms with Crippen molar-refractivity contribution < 1.29 is 8.78 Å². The smallest absolute Gasteiger partial charge is 0.183 e. The van der Waals surface area contributed by atoms with Gasteiger partial charge in [0.2, 0.25) is 0 Å². The lowest BCUT2D eigenvalue weighted by molar-refractivity contribution is 0.319. The minimum atomic E-state index is -1.05. The van der Waals surface area contributed by atoms with Gasteiger partial charge in [0.25, 0.3) is 0 Å². The third-order valence-corrected chi connectivity index (χ3v) is 4.13. The van der Waals surface area contributed by atoms with Gasteiger partial charge >= 0.3 is 0 Å². The van der Waals surface area contributed by atoms with Gasteiger partial charge in [-0.25, -0.2) is 8.78 Å². The fraction of sp³-hybridized carbons (Fsp3) is 0.533. The first-order valence-electron chi connectivity index (χ1n) is 6.67. The Morgan fingerprint density at radius 3 is 2.53 bits per heavy atom. The summed E-state index contributed by atoms with van der Waals surface area (Å²) in [6.45, 7) is 2.15. The number of hydrogen-bond donors (Lipinski definition) is 0. The van der Waals surface area contributed by atoms with E-state index in [2.05, 4.69) is 6.92 Å². The molecule has 1 aromatic rings. The first kappa shape index (κ1) is 13.8. The van der Waals surface area contributed by atoms with Crippen LogP contribution in [0, 0.1) is 28.9 Å². The number of hydrogen-bond acceptors (Lipinski definition) is 2. The maximum atomic E-state index is 14.0. The largest absolute Gasteiger partial charge is 0.369 e. The lowest BCUT2D eigenvalue weighted by Gasteiger charge is -2.37. The molecule has 102 valence electrons. The molecule has 0 aliphatic heterocycles. The topological polar surface area (TPSA) is 27.0 Å². The van der Waals surface area contributed by atoms with Crippen LogP contribution < -0.4 is 4.90 Å². The average molecular weight is 264 g/mol. The molecule has 0 saturated heterocycles. The number of benzene rings is 1. The molecular formula is C15H18F2N2. The molecule has 19 heavy (non-hydrogen) atoms. The zero-order valence-electron chi connectivity index (χ0n) is 11.3. The Morgan fingerprint density at radius 2 is 1.89 bits per heavy atom. The molecule has 0 N–H and O–H groups in total. The van der Waals surface area contributed by atoms with Crippen molar-refractivity contribution in [2.75, 3.05) is 11.9 Å². The van der Waals surface area contributed by atoms with E-state index in [1.54, 1.807) is 13.1 Å². The SMILES string of the molecule is CC1CCCCC1N(C)c1ccc(C#N)c(F)c1F. The van der Waals surface area contributed by atoms with Crippen molar-refractivity contribution in [3.63, 3.8) is 0 Å². The zero-order chi connectivity index (χ0) is 14.0. The first-order valence-corrected chi connectivity index (χ1v) is 6.67. The molecule has 1 aliphatic rings. The molecule has 0 radical (unpaired) electrons. The van der Waals surface area contributed by atoms with E-state index in [0.29, 0.717) is 5.92 Å². The second-order valence-corrected chi connectivity index (χ2v) is 5.31. The number of nitriles is 1. The molecule has 2 rings (SSSR count). The van der Waals surface area contributed by atoms with Crippen molar-refractivity contribution in [3.8, 4) is 6.07 Å². The maximum Gasteiger partial charge on any atom is 0.183 e. The molecule has 2 nitrogen and oxygen atoms in total. The summed E-state index contributed by atoms with van der Waals surface area (Å²) in [5.41, 5.74) is 0.00147. The number of anilines is 1. The molecule has 2 atom stereocenters. The normalized spacial score (nSPS) is 22.9. The van der Waals surface area contributed by atoms with Crippen LogP contribution in [0.25, 0.3) is 0 Å². The Kier molecular flexibility index (Phi) is 4.04. The minimum Gasteiger partial charge on any atom is -0.369 e. The summed E-state index contributed by atoms with van der Waals surface area (Å²) in [5, 5.41) is 8.69. The third-order valence-electron chi connectivity index (χ3n) is 4.13. The molecule has 0 aromatic heterocycles. The van der Waals surface area contributed by atoms with Gasteiger partial charge in [-0.2, -0.15) is 5.26 Å². The van der Waals surface area contributed by atoms with Gasteiger partial charge in [-0.3, -0.25) is 0 Å². The Bertz CT molecular complexity index is 508. The van der Waals surface area contributed by atoms with Crippen LogP contribution in [0.5, 0.6) is 0 Å². The highest BCUT2D eigenvalue weighted by atomic mass is 19.2. The van der Waals surface area contributed by atoms with Crippen LogP contribution in [-0.2, 0) is 0 Å². The molecule has 1 aliphatic carbocycles. The molecule has 1 fully saturated rings. The van der Waals surface area contributed by atoms with Gasteiger partial charge in [0.1, 0.15) is 6.07 Å². The van der Waals surface area contributed by atoms with E-state index in [1.165, 1.54) is 18.6 Å². The van der Waals surface area contributed by atoms with Crippen molar-refractivity contribution in [1.82, 2.24) is 0 Å². The highest BCUT2D eigenvalue weighted by molar-refractivity contribution is 5.52. The fourth-order valence-corrected chi connectivity index (χ4v) is 2.95. The van der Waals surface area contributed by atoms with Gasteiger partial charge < -0.3 is 4.90 Å². The van der Waals surface area contributed by atoms with Crippen molar-refractivity contribution >= 4 is 5.69 Å². The number of halogens is 2. The monoisotopic (exact) mass is 264 g/mol.